The summed E-state index contributed by atoms with van der Waals surface area (Å²) in [5.41, 5.74) is 10.2. The van der Waals surface area contributed by atoms with E-state index in [4.69, 9.17) is 5.73 Å². The van der Waals surface area contributed by atoms with Crippen LogP contribution in [0.5, 0.6) is 0 Å². The van der Waals surface area contributed by atoms with E-state index in [1.807, 2.05) is 0 Å². The SMILES string of the molecule is CC(C)Cc1cccc(CC(C)C)c1CN. The second-order valence-corrected chi connectivity index (χ2v) is 5.45. The van der Waals surface area contributed by atoms with Gasteiger partial charge < -0.3 is 5.73 Å². The minimum absolute atomic E-state index is 0.672. The maximum atomic E-state index is 5.90. The van der Waals surface area contributed by atoms with E-state index in [0.717, 1.165) is 12.8 Å². The Labute approximate surface area is 100 Å². The minimum Gasteiger partial charge on any atom is -0.326 e. The fourth-order valence-electron chi connectivity index (χ4n) is 2.21. The molecule has 0 aliphatic carbocycles. The highest BCUT2D eigenvalue weighted by Crippen LogP contribution is 2.20. The Morgan fingerprint density at radius 3 is 1.69 bits per heavy atom. The predicted molar refractivity (Wildman–Crippen MR) is 71.4 cm³/mol. The zero-order valence-electron chi connectivity index (χ0n) is 11.1. The van der Waals surface area contributed by atoms with Gasteiger partial charge in [-0.3, -0.25) is 0 Å². The van der Waals surface area contributed by atoms with Crippen molar-refractivity contribution >= 4 is 0 Å². The topological polar surface area (TPSA) is 26.0 Å². The van der Waals surface area contributed by atoms with Crippen LogP contribution >= 0.6 is 0 Å². The molecule has 1 aromatic rings. The molecule has 1 aromatic carbocycles. The summed E-state index contributed by atoms with van der Waals surface area (Å²) in [6.45, 7) is 9.71. The highest BCUT2D eigenvalue weighted by Gasteiger charge is 2.09. The van der Waals surface area contributed by atoms with Gasteiger partial charge in [0.25, 0.3) is 0 Å². The molecule has 1 rings (SSSR count). The van der Waals surface area contributed by atoms with Crippen LogP contribution < -0.4 is 5.73 Å². The number of rotatable bonds is 5. The van der Waals surface area contributed by atoms with Gasteiger partial charge in [-0.25, -0.2) is 0 Å². The van der Waals surface area contributed by atoms with Crippen molar-refractivity contribution in [1.82, 2.24) is 0 Å². The zero-order chi connectivity index (χ0) is 12.1. The van der Waals surface area contributed by atoms with Crippen molar-refractivity contribution in [2.45, 2.75) is 47.1 Å². The van der Waals surface area contributed by atoms with Gasteiger partial charge in [-0.05, 0) is 41.4 Å². The number of benzene rings is 1. The Bertz CT molecular complexity index is 298. The van der Waals surface area contributed by atoms with Crippen LogP contribution in [0.15, 0.2) is 18.2 Å². The molecule has 0 saturated carbocycles. The molecule has 1 nitrogen and oxygen atoms in total. The van der Waals surface area contributed by atoms with Crippen LogP contribution in [0.3, 0.4) is 0 Å². The average molecular weight is 219 g/mol. The Morgan fingerprint density at radius 1 is 0.938 bits per heavy atom. The molecule has 0 spiro atoms. The fraction of sp³-hybridized carbons (Fsp3) is 0.600. The first-order valence-electron chi connectivity index (χ1n) is 6.34. The van der Waals surface area contributed by atoms with E-state index in [1.54, 1.807) is 0 Å². The largest absolute Gasteiger partial charge is 0.326 e. The van der Waals surface area contributed by atoms with E-state index in [-0.39, 0.29) is 0 Å². The van der Waals surface area contributed by atoms with Crippen LogP contribution in [-0.4, -0.2) is 0 Å². The summed E-state index contributed by atoms with van der Waals surface area (Å²) < 4.78 is 0. The van der Waals surface area contributed by atoms with E-state index >= 15 is 0 Å². The summed E-state index contributed by atoms with van der Waals surface area (Å²) in [4.78, 5) is 0. The van der Waals surface area contributed by atoms with E-state index in [0.29, 0.717) is 18.4 Å². The molecule has 0 saturated heterocycles. The fourth-order valence-corrected chi connectivity index (χ4v) is 2.21. The summed E-state index contributed by atoms with van der Waals surface area (Å²) in [6, 6.07) is 6.63. The highest BCUT2D eigenvalue weighted by molar-refractivity contribution is 5.35. The van der Waals surface area contributed by atoms with Gasteiger partial charge in [0.1, 0.15) is 0 Å². The quantitative estimate of drug-likeness (QED) is 0.805. The van der Waals surface area contributed by atoms with E-state index in [1.165, 1.54) is 16.7 Å². The van der Waals surface area contributed by atoms with Gasteiger partial charge in [-0.1, -0.05) is 45.9 Å². The Hall–Kier alpha value is -0.820. The first-order chi connectivity index (χ1) is 7.54. The van der Waals surface area contributed by atoms with Crippen molar-refractivity contribution in [2.24, 2.45) is 17.6 Å². The van der Waals surface area contributed by atoms with Gasteiger partial charge in [0, 0.05) is 6.54 Å². The second kappa shape index (κ2) is 6.05. The van der Waals surface area contributed by atoms with Crippen LogP contribution in [-0.2, 0) is 19.4 Å². The molecule has 0 radical (unpaired) electrons. The number of hydrogen-bond acceptors (Lipinski definition) is 1. The van der Waals surface area contributed by atoms with Gasteiger partial charge in [0.2, 0.25) is 0 Å². The molecule has 0 fully saturated rings. The van der Waals surface area contributed by atoms with Gasteiger partial charge in [0.05, 0.1) is 0 Å². The lowest BCUT2D eigenvalue weighted by molar-refractivity contribution is 0.627. The van der Waals surface area contributed by atoms with Crippen LogP contribution in [0, 0.1) is 11.8 Å². The van der Waals surface area contributed by atoms with Crippen molar-refractivity contribution in [1.29, 1.82) is 0 Å². The molecule has 1 heteroatoms. The van der Waals surface area contributed by atoms with Crippen LogP contribution in [0.4, 0.5) is 0 Å². The van der Waals surface area contributed by atoms with Crippen LogP contribution in [0.2, 0.25) is 0 Å². The van der Waals surface area contributed by atoms with E-state index in [9.17, 15) is 0 Å². The van der Waals surface area contributed by atoms with Gasteiger partial charge in [0.15, 0.2) is 0 Å². The molecule has 0 aliphatic rings. The summed E-state index contributed by atoms with van der Waals surface area (Å²) in [6.07, 6.45) is 2.27. The highest BCUT2D eigenvalue weighted by atomic mass is 14.5. The molecule has 2 N–H and O–H groups in total. The van der Waals surface area contributed by atoms with Crippen LogP contribution in [0.25, 0.3) is 0 Å². The second-order valence-electron chi connectivity index (χ2n) is 5.45. The van der Waals surface area contributed by atoms with Crippen molar-refractivity contribution in [2.75, 3.05) is 0 Å². The lowest BCUT2D eigenvalue weighted by Gasteiger charge is -2.16. The Morgan fingerprint density at radius 2 is 1.38 bits per heavy atom. The minimum atomic E-state index is 0.672. The molecule has 0 unspecified atom stereocenters. The summed E-state index contributed by atoms with van der Waals surface area (Å²) in [7, 11) is 0. The third-order valence-corrected chi connectivity index (χ3v) is 2.83. The molecule has 0 aromatic heterocycles. The summed E-state index contributed by atoms with van der Waals surface area (Å²) >= 11 is 0. The van der Waals surface area contributed by atoms with Crippen molar-refractivity contribution in [3.8, 4) is 0 Å². The molecule has 0 atom stereocenters. The number of hydrogen-bond donors (Lipinski definition) is 1. The number of nitrogens with two attached hydrogens (primary N) is 1. The monoisotopic (exact) mass is 219 g/mol. The normalized spacial score (nSPS) is 11.4. The van der Waals surface area contributed by atoms with Crippen molar-refractivity contribution in [3.63, 3.8) is 0 Å². The van der Waals surface area contributed by atoms with Gasteiger partial charge in [-0.2, -0.15) is 0 Å². The van der Waals surface area contributed by atoms with Crippen molar-refractivity contribution in [3.05, 3.63) is 34.9 Å². The lowest BCUT2D eigenvalue weighted by Crippen LogP contribution is -2.09. The van der Waals surface area contributed by atoms with Gasteiger partial charge in [-0.15, -0.1) is 0 Å². The molecule has 90 valence electrons. The lowest BCUT2D eigenvalue weighted by atomic mass is 9.91. The first kappa shape index (κ1) is 13.2. The Kier molecular flexibility index (Phi) is 5.01. The Balaban J connectivity index is 3.00. The smallest absolute Gasteiger partial charge is 0.0183 e. The third-order valence-electron chi connectivity index (χ3n) is 2.83. The summed E-state index contributed by atoms with van der Waals surface area (Å²) in [5, 5.41) is 0. The van der Waals surface area contributed by atoms with E-state index in [2.05, 4.69) is 45.9 Å². The molecular weight excluding hydrogens is 194 g/mol. The molecular formula is C15H25N. The average Bonchev–Trinajstić information content (AvgIpc) is 2.16. The molecule has 0 heterocycles. The standard InChI is InChI=1S/C15H25N/c1-11(2)8-13-6-5-7-14(9-12(3)4)15(13)10-16/h5-7,11-12H,8-10,16H2,1-4H3. The first-order valence-corrected chi connectivity index (χ1v) is 6.34. The maximum Gasteiger partial charge on any atom is 0.0183 e. The van der Waals surface area contributed by atoms with Crippen LogP contribution in [0.1, 0.15) is 44.4 Å². The summed E-state index contributed by atoms with van der Waals surface area (Å²) in [5.74, 6) is 1.39. The zero-order valence-corrected chi connectivity index (χ0v) is 11.1. The molecule has 16 heavy (non-hydrogen) atoms. The van der Waals surface area contributed by atoms with E-state index < -0.39 is 0 Å². The third kappa shape index (κ3) is 3.64. The maximum absolute atomic E-state index is 5.90. The van der Waals surface area contributed by atoms with Crippen molar-refractivity contribution < 1.29 is 0 Å². The molecule has 0 amide bonds. The predicted octanol–water partition coefficient (Wildman–Crippen LogP) is 3.54. The van der Waals surface area contributed by atoms with Gasteiger partial charge >= 0.3 is 0 Å². The molecule has 0 bridgehead atoms. The molecule has 0 aliphatic heterocycles.